The number of hydrogen-bond donors (Lipinski definition) is 3. The number of urea groups is 1. The number of carboxylic acid groups (broad SMARTS) is 1. The van der Waals surface area contributed by atoms with E-state index in [9.17, 15) is 14.7 Å². The highest BCUT2D eigenvalue weighted by molar-refractivity contribution is 6.07. The fraction of sp³-hybridized carbons (Fsp3) is 0.185. The SMILES string of the molecule is COc1cc(C2NC(=O)NC(C)=C2C(=O)O)ccc1OCCn1c2ccccc2c2ccccc21. The second-order valence-corrected chi connectivity index (χ2v) is 8.32. The molecule has 2 heterocycles. The van der Waals surface area contributed by atoms with Crippen LogP contribution in [-0.4, -0.2) is 35.4 Å². The number of benzene rings is 3. The average molecular weight is 472 g/mol. The third-order valence-corrected chi connectivity index (χ3v) is 6.27. The molecule has 0 fully saturated rings. The standard InChI is InChI=1S/C27H25N3O5/c1-16-24(26(31)32)25(29-27(33)28-16)17-11-12-22(23(15-17)34-2)35-14-13-30-20-9-5-3-7-18(20)19-8-4-6-10-21(19)30/h3-12,15,25H,13-14H2,1-2H3,(H,31,32)(H2,28,29,33). The molecular weight excluding hydrogens is 446 g/mol. The van der Waals surface area contributed by atoms with Gasteiger partial charge in [0.1, 0.15) is 6.61 Å². The van der Waals surface area contributed by atoms with Crippen LogP contribution in [0, 0.1) is 0 Å². The van der Waals surface area contributed by atoms with Crippen molar-refractivity contribution < 1.29 is 24.2 Å². The zero-order chi connectivity index (χ0) is 24.5. The lowest BCUT2D eigenvalue weighted by Crippen LogP contribution is -2.45. The van der Waals surface area contributed by atoms with E-state index in [1.54, 1.807) is 25.1 Å². The Balaban J connectivity index is 1.39. The van der Waals surface area contributed by atoms with Crippen LogP contribution in [0.5, 0.6) is 11.5 Å². The van der Waals surface area contributed by atoms with Gasteiger partial charge in [0.15, 0.2) is 11.5 Å². The number of hydrogen-bond acceptors (Lipinski definition) is 4. The second-order valence-electron chi connectivity index (χ2n) is 8.32. The highest BCUT2D eigenvalue weighted by Gasteiger charge is 2.31. The van der Waals surface area contributed by atoms with Gasteiger partial charge in [0.05, 0.1) is 25.3 Å². The van der Waals surface area contributed by atoms with Gasteiger partial charge in [-0.3, -0.25) is 0 Å². The summed E-state index contributed by atoms with van der Waals surface area (Å²) in [4.78, 5) is 23.8. The largest absolute Gasteiger partial charge is 0.493 e. The molecule has 0 bridgehead atoms. The Morgan fingerprint density at radius 1 is 1.00 bits per heavy atom. The number of allylic oxidation sites excluding steroid dienone is 1. The molecule has 0 spiro atoms. The molecule has 35 heavy (non-hydrogen) atoms. The summed E-state index contributed by atoms with van der Waals surface area (Å²) >= 11 is 0. The van der Waals surface area contributed by atoms with Crippen molar-refractivity contribution in [1.82, 2.24) is 15.2 Å². The van der Waals surface area contributed by atoms with Crippen LogP contribution in [-0.2, 0) is 11.3 Å². The Kier molecular flexibility index (Phi) is 5.78. The lowest BCUT2D eigenvalue weighted by atomic mass is 9.95. The maximum atomic E-state index is 12.0. The first-order chi connectivity index (χ1) is 17.0. The minimum Gasteiger partial charge on any atom is -0.493 e. The molecule has 2 amide bonds. The number of aliphatic carboxylic acids is 1. The summed E-state index contributed by atoms with van der Waals surface area (Å²) in [6.45, 7) is 2.61. The maximum Gasteiger partial charge on any atom is 0.335 e. The van der Waals surface area contributed by atoms with Gasteiger partial charge in [-0.1, -0.05) is 42.5 Å². The minimum atomic E-state index is -1.11. The zero-order valence-electron chi connectivity index (χ0n) is 19.4. The van der Waals surface area contributed by atoms with Gasteiger partial charge < -0.3 is 29.8 Å². The number of aromatic nitrogens is 1. The van der Waals surface area contributed by atoms with E-state index in [0.717, 1.165) is 11.0 Å². The van der Waals surface area contributed by atoms with E-state index < -0.39 is 18.0 Å². The Bertz CT molecular complexity index is 1430. The third-order valence-electron chi connectivity index (χ3n) is 6.27. The average Bonchev–Trinajstić information content (AvgIpc) is 3.17. The highest BCUT2D eigenvalue weighted by atomic mass is 16.5. The van der Waals surface area contributed by atoms with E-state index in [1.807, 2.05) is 24.3 Å². The number of fused-ring (bicyclic) bond motifs is 3. The zero-order valence-corrected chi connectivity index (χ0v) is 19.4. The van der Waals surface area contributed by atoms with Crippen LogP contribution >= 0.6 is 0 Å². The van der Waals surface area contributed by atoms with Crippen molar-refractivity contribution in [3.8, 4) is 11.5 Å². The molecule has 0 saturated carbocycles. The molecular formula is C27H25N3O5. The molecule has 1 aliphatic heterocycles. The molecule has 0 aliphatic carbocycles. The molecule has 1 aliphatic rings. The Morgan fingerprint density at radius 3 is 2.29 bits per heavy atom. The number of amides is 2. The van der Waals surface area contributed by atoms with Gasteiger partial charge in [-0.25, -0.2) is 9.59 Å². The summed E-state index contributed by atoms with van der Waals surface area (Å²) in [6.07, 6.45) is 0. The van der Waals surface area contributed by atoms with Crippen LogP contribution in [0.3, 0.4) is 0 Å². The van der Waals surface area contributed by atoms with Crippen molar-refractivity contribution in [2.75, 3.05) is 13.7 Å². The van der Waals surface area contributed by atoms with E-state index in [1.165, 1.54) is 17.9 Å². The Hall–Kier alpha value is -4.46. The second kappa shape index (κ2) is 9.06. The van der Waals surface area contributed by atoms with Gasteiger partial charge in [0, 0.05) is 27.5 Å². The van der Waals surface area contributed by atoms with Crippen LogP contribution in [0.25, 0.3) is 21.8 Å². The number of nitrogens with one attached hydrogen (secondary N) is 2. The summed E-state index contributed by atoms with van der Waals surface area (Å²) in [5.41, 5.74) is 3.25. The number of carbonyl (C=O) groups excluding carboxylic acids is 1. The molecule has 1 atom stereocenters. The number of carboxylic acids is 1. The fourth-order valence-corrected chi connectivity index (χ4v) is 4.70. The molecule has 0 radical (unpaired) electrons. The highest BCUT2D eigenvalue weighted by Crippen LogP contribution is 2.34. The molecule has 5 rings (SSSR count). The quantitative estimate of drug-likeness (QED) is 0.366. The summed E-state index contributed by atoms with van der Waals surface area (Å²) in [6, 6.07) is 20.5. The molecule has 1 aromatic heterocycles. The van der Waals surface area contributed by atoms with Gasteiger partial charge >= 0.3 is 12.0 Å². The predicted molar refractivity (Wildman–Crippen MR) is 133 cm³/mol. The van der Waals surface area contributed by atoms with Crippen molar-refractivity contribution in [2.45, 2.75) is 19.5 Å². The van der Waals surface area contributed by atoms with Crippen molar-refractivity contribution >= 4 is 33.8 Å². The van der Waals surface area contributed by atoms with Gasteiger partial charge in [0.25, 0.3) is 0 Å². The van der Waals surface area contributed by atoms with Crippen LogP contribution in [0.2, 0.25) is 0 Å². The predicted octanol–water partition coefficient (Wildman–Crippen LogP) is 4.59. The van der Waals surface area contributed by atoms with E-state index >= 15 is 0 Å². The number of carbonyl (C=O) groups is 2. The summed E-state index contributed by atoms with van der Waals surface area (Å²) in [5.74, 6) is -0.111. The number of nitrogens with zero attached hydrogens (tertiary/aromatic N) is 1. The summed E-state index contributed by atoms with van der Waals surface area (Å²) in [5, 5.41) is 17.2. The molecule has 1 unspecified atom stereocenters. The Morgan fingerprint density at radius 2 is 1.66 bits per heavy atom. The lowest BCUT2D eigenvalue weighted by Gasteiger charge is -2.27. The van der Waals surface area contributed by atoms with Crippen molar-refractivity contribution in [3.05, 3.63) is 83.6 Å². The van der Waals surface area contributed by atoms with Crippen molar-refractivity contribution in [1.29, 1.82) is 0 Å². The first kappa shape index (κ1) is 22.3. The fourth-order valence-electron chi connectivity index (χ4n) is 4.70. The molecule has 178 valence electrons. The number of rotatable bonds is 7. The molecule has 3 aromatic carbocycles. The van der Waals surface area contributed by atoms with Gasteiger partial charge in [0.2, 0.25) is 0 Å². The Labute approximate surface area is 201 Å². The monoisotopic (exact) mass is 471 g/mol. The number of ether oxygens (including phenoxy) is 2. The lowest BCUT2D eigenvalue weighted by molar-refractivity contribution is -0.133. The van der Waals surface area contributed by atoms with Gasteiger partial charge in [-0.15, -0.1) is 0 Å². The van der Waals surface area contributed by atoms with Crippen LogP contribution in [0.15, 0.2) is 78.0 Å². The van der Waals surface area contributed by atoms with Gasteiger partial charge in [-0.2, -0.15) is 0 Å². The molecule has 8 nitrogen and oxygen atoms in total. The minimum absolute atomic E-state index is 0.0756. The first-order valence-corrected chi connectivity index (χ1v) is 11.3. The van der Waals surface area contributed by atoms with Crippen molar-refractivity contribution in [3.63, 3.8) is 0 Å². The van der Waals surface area contributed by atoms with E-state index in [2.05, 4.69) is 39.5 Å². The van der Waals surface area contributed by atoms with E-state index in [4.69, 9.17) is 9.47 Å². The third kappa shape index (κ3) is 4.03. The summed E-state index contributed by atoms with van der Waals surface area (Å²) in [7, 11) is 1.53. The normalized spacial score (nSPS) is 15.7. The molecule has 8 heteroatoms. The smallest absolute Gasteiger partial charge is 0.335 e. The van der Waals surface area contributed by atoms with Crippen LogP contribution < -0.4 is 20.1 Å². The van der Waals surface area contributed by atoms with E-state index in [0.29, 0.717) is 35.9 Å². The first-order valence-electron chi connectivity index (χ1n) is 11.3. The van der Waals surface area contributed by atoms with Crippen LogP contribution in [0.4, 0.5) is 4.79 Å². The van der Waals surface area contributed by atoms with E-state index in [-0.39, 0.29) is 5.57 Å². The topological polar surface area (TPSA) is 102 Å². The number of methoxy groups -OCH3 is 1. The van der Waals surface area contributed by atoms with Gasteiger partial charge in [-0.05, 0) is 36.8 Å². The number of para-hydroxylation sites is 2. The molecule has 0 saturated heterocycles. The molecule has 3 N–H and O–H groups in total. The summed E-state index contributed by atoms with van der Waals surface area (Å²) < 4.78 is 13.9. The van der Waals surface area contributed by atoms with Crippen molar-refractivity contribution in [2.24, 2.45) is 0 Å². The molecule has 4 aromatic rings. The maximum absolute atomic E-state index is 12.0. The van der Waals surface area contributed by atoms with Crippen LogP contribution in [0.1, 0.15) is 18.5 Å².